The third kappa shape index (κ3) is 5.65. The molecule has 0 radical (unpaired) electrons. The standard InChI is InChI=1S/C15H31N5O/c1-6-7-19(9-8-18(4)5)10-14(21)11-20-13(3)15(16)12(2)17-20/h14,21H,6-11,16H2,1-5H3. The van der Waals surface area contributed by atoms with Crippen molar-refractivity contribution < 1.29 is 5.11 Å². The van der Waals surface area contributed by atoms with Crippen molar-refractivity contribution in [3.05, 3.63) is 11.4 Å². The number of hydrogen-bond acceptors (Lipinski definition) is 5. The smallest absolute Gasteiger partial charge is 0.0862 e. The summed E-state index contributed by atoms with van der Waals surface area (Å²) in [6, 6.07) is 0. The number of aliphatic hydroxyl groups is 1. The number of rotatable bonds is 9. The third-order valence-corrected chi connectivity index (χ3v) is 3.69. The molecule has 0 aliphatic heterocycles. The van der Waals surface area contributed by atoms with Crippen LogP contribution in [0.5, 0.6) is 0 Å². The Morgan fingerprint density at radius 3 is 2.38 bits per heavy atom. The monoisotopic (exact) mass is 297 g/mol. The fourth-order valence-corrected chi connectivity index (χ4v) is 2.40. The summed E-state index contributed by atoms with van der Waals surface area (Å²) in [5, 5.41) is 14.7. The van der Waals surface area contributed by atoms with E-state index in [1.165, 1.54) is 0 Å². The lowest BCUT2D eigenvalue weighted by atomic mass is 10.2. The highest BCUT2D eigenvalue weighted by molar-refractivity contribution is 5.46. The van der Waals surface area contributed by atoms with E-state index >= 15 is 0 Å². The van der Waals surface area contributed by atoms with Gasteiger partial charge >= 0.3 is 0 Å². The Morgan fingerprint density at radius 2 is 1.90 bits per heavy atom. The third-order valence-electron chi connectivity index (χ3n) is 3.69. The van der Waals surface area contributed by atoms with Crippen LogP contribution in [0.25, 0.3) is 0 Å². The predicted molar refractivity (Wildman–Crippen MR) is 87.4 cm³/mol. The molecular formula is C15H31N5O. The minimum absolute atomic E-state index is 0.434. The molecule has 0 amide bonds. The number of aliphatic hydroxyl groups excluding tert-OH is 1. The molecule has 3 N–H and O–H groups in total. The Morgan fingerprint density at radius 1 is 1.24 bits per heavy atom. The Kier molecular flexibility index (Phi) is 7.14. The number of aromatic nitrogens is 2. The summed E-state index contributed by atoms with van der Waals surface area (Å²) < 4.78 is 1.81. The molecule has 122 valence electrons. The van der Waals surface area contributed by atoms with Gasteiger partial charge in [-0.2, -0.15) is 5.10 Å². The molecule has 0 saturated heterocycles. The number of nitrogen functional groups attached to an aromatic ring is 1. The average Bonchev–Trinajstić information content (AvgIpc) is 2.64. The highest BCUT2D eigenvalue weighted by atomic mass is 16.3. The van der Waals surface area contributed by atoms with Crippen molar-refractivity contribution in [1.82, 2.24) is 19.6 Å². The summed E-state index contributed by atoms with van der Waals surface area (Å²) in [5.74, 6) is 0. The van der Waals surface area contributed by atoms with Crippen LogP contribution >= 0.6 is 0 Å². The van der Waals surface area contributed by atoms with Crippen molar-refractivity contribution in [2.45, 2.75) is 39.8 Å². The van der Waals surface area contributed by atoms with Gasteiger partial charge in [0.05, 0.1) is 29.7 Å². The predicted octanol–water partition coefficient (Wildman–Crippen LogP) is 0.717. The summed E-state index contributed by atoms with van der Waals surface area (Å²) in [6.45, 7) is 10.1. The van der Waals surface area contributed by atoms with E-state index in [0.29, 0.717) is 13.1 Å². The molecule has 1 aromatic rings. The maximum absolute atomic E-state index is 10.3. The summed E-state index contributed by atoms with van der Waals surface area (Å²) in [4.78, 5) is 4.47. The number of aryl methyl sites for hydroxylation is 1. The molecule has 0 bridgehead atoms. The molecule has 6 nitrogen and oxygen atoms in total. The molecule has 21 heavy (non-hydrogen) atoms. The van der Waals surface area contributed by atoms with Crippen molar-refractivity contribution in [1.29, 1.82) is 0 Å². The lowest BCUT2D eigenvalue weighted by Crippen LogP contribution is -2.39. The molecular weight excluding hydrogens is 266 g/mol. The summed E-state index contributed by atoms with van der Waals surface area (Å²) in [5.41, 5.74) is 8.41. The number of nitrogens with zero attached hydrogens (tertiary/aromatic N) is 4. The van der Waals surface area contributed by atoms with Gasteiger partial charge in [0.2, 0.25) is 0 Å². The van der Waals surface area contributed by atoms with Crippen molar-refractivity contribution in [2.24, 2.45) is 0 Å². The molecule has 0 aliphatic rings. The number of hydrogen-bond donors (Lipinski definition) is 2. The van der Waals surface area contributed by atoms with Crippen LogP contribution in [-0.2, 0) is 6.54 Å². The number of likely N-dealkylation sites (N-methyl/N-ethyl adjacent to an activating group) is 1. The van der Waals surface area contributed by atoms with Gasteiger partial charge in [-0.05, 0) is 40.9 Å². The largest absolute Gasteiger partial charge is 0.396 e. The van der Waals surface area contributed by atoms with E-state index in [9.17, 15) is 5.11 Å². The van der Waals surface area contributed by atoms with Gasteiger partial charge in [0.15, 0.2) is 0 Å². The van der Waals surface area contributed by atoms with Gasteiger partial charge in [0.1, 0.15) is 0 Å². The van der Waals surface area contributed by atoms with E-state index in [1.54, 1.807) is 0 Å². The van der Waals surface area contributed by atoms with Crippen molar-refractivity contribution in [3.63, 3.8) is 0 Å². The lowest BCUT2D eigenvalue weighted by Gasteiger charge is -2.26. The molecule has 0 fully saturated rings. The fourth-order valence-electron chi connectivity index (χ4n) is 2.40. The molecule has 6 heteroatoms. The Hall–Kier alpha value is -1.11. The second-order valence-corrected chi connectivity index (χ2v) is 6.02. The van der Waals surface area contributed by atoms with Gasteiger partial charge in [-0.3, -0.25) is 9.58 Å². The maximum Gasteiger partial charge on any atom is 0.0862 e. The summed E-state index contributed by atoms with van der Waals surface area (Å²) in [7, 11) is 4.14. The number of anilines is 1. The van der Waals surface area contributed by atoms with Gasteiger partial charge < -0.3 is 15.7 Å². The molecule has 1 heterocycles. The molecule has 0 aliphatic carbocycles. The van der Waals surface area contributed by atoms with Crippen molar-refractivity contribution >= 4 is 5.69 Å². The van der Waals surface area contributed by atoms with Gasteiger partial charge in [-0.1, -0.05) is 6.92 Å². The van der Waals surface area contributed by atoms with Gasteiger partial charge in [-0.15, -0.1) is 0 Å². The van der Waals surface area contributed by atoms with E-state index in [0.717, 1.165) is 43.1 Å². The van der Waals surface area contributed by atoms with Crippen LogP contribution in [-0.4, -0.2) is 71.1 Å². The van der Waals surface area contributed by atoms with Crippen LogP contribution in [0.3, 0.4) is 0 Å². The SMILES string of the molecule is CCCN(CCN(C)C)CC(O)Cn1nc(C)c(N)c1C. The van der Waals surface area contributed by atoms with Gasteiger partial charge in [-0.25, -0.2) is 0 Å². The molecule has 0 saturated carbocycles. The first-order valence-corrected chi connectivity index (χ1v) is 7.69. The van der Waals surface area contributed by atoms with Gasteiger partial charge in [0.25, 0.3) is 0 Å². The summed E-state index contributed by atoms with van der Waals surface area (Å²) >= 11 is 0. The maximum atomic E-state index is 10.3. The molecule has 0 spiro atoms. The highest BCUT2D eigenvalue weighted by Gasteiger charge is 2.15. The van der Waals surface area contributed by atoms with Crippen LogP contribution < -0.4 is 5.73 Å². The van der Waals surface area contributed by atoms with Crippen LogP contribution in [0.2, 0.25) is 0 Å². The van der Waals surface area contributed by atoms with E-state index < -0.39 is 6.10 Å². The zero-order chi connectivity index (χ0) is 16.0. The van der Waals surface area contributed by atoms with E-state index in [-0.39, 0.29) is 0 Å². The van der Waals surface area contributed by atoms with Crippen LogP contribution in [0.15, 0.2) is 0 Å². The first-order chi connectivity index (χ1) is 9.85. The number of nitrogens with two attached hydrogens (primary N) is 1. The second-order valence-electron chi connectivity index (χ2n) is 6.02. The van der Waals surface area contributed by atoms with Crippen LogP contribution in [0.4, 0.5) is 5.69 Å². The van der Waals surface area contributed by atoms with Crippen molar-refractivity contribution in [3.8, 4) is 0 Å². The topological polar surface area (TPSA) is 70.5 Å². The van der Waals surface area contributed by atoms with E-state index in [2.05, 4.69) is 35.9 Å². The van der Waals surface area contributed by atoms with Crippen molar-refractivity contribution in [2.75, 3.05) is 46.0 Å². The summed E-state index contributed by atoms with van der Waals surface area (Å²) in [6.07, 6.45) is 0.656. The first kappa shape index (κ1) is 17.9. The van der Waals surface area contributed by atoms with Crippen LogP contribution in [0, 0.1) is 13.8 Å². The molecule has 1 atom stereocenters. The van der Waals surface area contributed by atoms with E-state index in [4.69, 9.17) is 5.73 Å². The lowest BCUT2D eigenvalue weighted by molar-refractivity contribution is 0.0908. The first-order valence-electron chi connectivity index (χ1n) is 7.69. The normalized spacial score (nSPS) is 13.3. The quantitative estimate of drug-likeness (QED) is 0.703. The molecule has 1 rings (SSSR count). The zero-order valence-electron chi connectivity index (χ0n) is 14.1. The second kappa shape index (κ2) is 8.36. The Bertz CT molecular complexity index is 430. The van der Waals surface area contributed by atoms with Gasteiger partial charge in [0, 0.05) is 19.6 Å². The molecule has 1 unspecified atom stereocenters. The minimum atomic E-state index is -0.434. The zero-order valence-corrected chi connectivity index (χ0v) is 14.1. The fraction of sp³-hybridized carbons (Fsp3) is 0.800. The highest BCUT2D eigenvalue weighted by Crippen LogP contribution is 2.15. The molecule has 0 aromatic carbocycles. The average molecular weight is 297 g/mol. The Balaban J connectivity index is 2.56. The van der Waals surface area contributed by atoms with Crippen LogP contribution in [0.1, 0.15) is 24.7 Å². The molecule has 1 aromatic heterocycles. The van der Waals surface area contributed by atoms with E-state index in [1.807, 2.05) is 18.5 Å². The minimum Gasteiger partial charge on any atom is -0.396 e. The Labute approximate surface area is 128 Å².